The van der Waals surface area contributed by atoms with Crippen molar-refractivity contribution in [3.05, 3.63) is 84.2 Å². The number of halogens is 1. The Balaban J connectivity index is 1.80. The molecule has 0 unspecified atom stereocenters. The first kappa shape index (κ1) is 20.0. The highest BCUT2D eigenvalue weighted by molar-refractivity contribution is 7.80. The molecule has 6 nitrogen and oxygen atoms in total. The zero-order valence-electron chi connectivity index (χ0n) is 16.4. The van der Waals surface area contributed by atoms with Gasteiger partial charge < -0.3 is 19.5 Å². The van der Waals surface area contributed by atoms with Crippen LogP contribution in [0.15, 0.2) is 67.0 Å². The molecule has 3 heterocycles. The summed E-state index contributed by atoms with van der Waals surface area (Å²) >= 11 is 5.55. The topological polar surface area (TPSA) is 59.4 Å². The third-order valence-electron chi connectivity index (χ3n) is 5.00. The molecule has 8 heteroatoms. The minimum atomic E-state index is -0.383. The number of nitrogens with zero attached hydrogens (tertiary/aromatic N) is 3. The van der Waals surface area contributed by atoms with E-state index in [1.54, 1.807) is 47.0 Å². The van der Waals surface area contributed by atoms with E-state index in [1.807, 2.05) is 30.3 Å². The van der Waals surface area contributed by atoms with Crippen LogP contribution in [0.25, 0.3) is 5.69 Å². The van der Waals surface area contributed by atoms with Gasteiger partial charge in [0.05, 0.1) is 30.1 Å². The molecule has 0 bridgehead atoms. The van der Waals surface area contributed by atoms with Gasteiger partial charge in [0.1, 0.15) is 12.4 Å². The molecule has 0 saturated carbocycles. The van der Waals surface area contributed by atoms with Crippen molar-refractivity contribution in [3.8, 4) is 5.69 Å². The van der Waals surface area contributed by atoms with Crippen LogP contribution in [0, 0.1) is 5.82 Å². The Morgan fingerprint density at radius 3 is 2.73 bits per heavy atom. The molecule has 1 N–H and O–H groups in total. The second-order valence-corrected chi connectivity index (χ2v) is 7.20. The monoisotopic (exact) mass is 424 g/mol. The van der Waals surface area contributed by atoms with Crippen LogP contribution in [0.3, 0.4) is 0 Å². The van der Waals surface area contributed by atoms with Gasteiger partial charge in [-0.2, -0.15) is 0 Å². The lowest BCUT2D eigenvalue weighted by molar-refractivity contribution is -0.143. The molecule has 1 fully saturated rings. The summed E-state index contributed by atoms with van der Waals surface area (Å²) in [7, 11) is 0. The summed E-state index contributed by atoms with van der Waals surface area (Å²) in [6, 6.07) is 15.3. The Hall–Kier alpha value is -3.26. The molecule has 1 saturated heterocycles. The quantitative estimate of drug-likeness (QED) is 0.483. The maximum atomic E-state index is 14.6. The van der Waals surface area contributed by atoms with Crippen LogP contribution in [-0.2, 0) is 9.53 Å². The first-order valence-corrected chi connectivity index (χ1v) is 10.1. The number of carbonyl (C=O) groups is 1. The van der Waals surface area contributed by atoms with Gasteiger partial charge in [0, 0.05) is 18.1 Å². The van der Waals surface area contributed by atoms with Gasteiger partial charge in [0.25, 0.3) is 0 Å². The molecule has 0 aliphatic carbocycles. The second kappa shape index (κ2) is 8.62. The SMILES string of the molecule is CCOC(=O)CN1C(=S)N[C@H](c2ccccn2)[C@H]1c1cccn1-c1ccccc1F. The summed E-state index contributed by atoms with van der Waals surface area (Å²) in [6.45, 7) is 2.03. The number of thiocarbonyl (C=S) groups is 1. The van der Waals surface area contributed by atoms with Crippen molar-refractivity contribution < 1.29 is 13.9 Å². The van der Waals surface area contributed by atoms with Crippen molar-refractivity contribution in [3.63, 3.8) is 0 Å². The lowest BCUT2D eigenvalue weighted by atomic mass is 10.0. The molecule has 0 radical (unpaired) electrons. The van der Waals surface area contributed by atoms with Gasteiger partial charge in [-0.1, -0.05) is 18.2 Å². The largest absolute Gasteiger partial charge is 0.465 e. The third kappa shape index (κ3) is 3.78. The van der Waals surface area contributed by atoms with E-state index >= 15 is 0 Å². The average Bonchev–Trinajstić information content (AvgIpc) is 3.34. The van der Waals surface area contributed by atoms with Gasteiger partial charge in [0.2, 0.25) is 0 Å². The fourth-order valence-corrected chi connectivity index (χ4v) is 4.05. The highest BCUT2D eigenvalue weighted by Gasteiger charge is 2.42. The lowest BCUT2D eigenvalue weighted by Gasteiger charge is -2.28. The third-order valence-corrected chi connectivity index (χ3v) is 5.35. The number of pyridine rings is 1. The summed E-state index contributed by atoms with van der Waals surface area (Å²) in [6.07, 6.45) is 3.51. The molecule has 3 aromatic rings. The smallest absolute Gasteiger partial charge is 0.325 e. The van der Waals surface area contributed by atoms with Crippen molar-refractivity contribution in [1.82, 2.24) is 19.8 Å². The molecule has 1 aliphatic rings. The minimum Gasteiger partial charge on any atom is -0.465 e. The van der Waals surface area contributed by atoms with Crippen LogP contribution in [0.5, 0.6) is 0 Å². The number of nitrogens with one attached hydrogen (secondary N) is 1. The Labute approximate surface area is 179 Å². The molecule has 2 atom stereocenters. The fraction of sp³-hybridized carbons (Fsp3) is 0.227. The number of rotatable bonds is 6. The first-order chi connectivity index (χ1) is 14.6. The van der Waals surface area contributed by atoms with E-state index in [9.17, 15) is 9.18 Å². The van der Waals surface area contributed by atoms with Crippen molar-refractivity contribution in [2.75, 3.05) is 13.2 Å². The zero-order valence-corrected chi connectivity index (χ0v) is 17.2. The minimum absolute atomic E-state index is 0.0177. The number of hydrogen-bond donors (Lipinski definition) is 1. The maximum Gasteiger partial charge on any atom is 0.325 e. The number of aromatic nitrogens is 2. The normalized spacial score (nSPS) is 18.3. The number of benzene rings is 1. The van der Waals surface area contributed by atoms with Crippen LogP contribution >= 0.6 is 12.2 Å². The number of carbonyl (C=O) groups excluding carboxylic acids is 1. The van der Waals surface area contributed by atoms with E-state index < -0.39 is 0 Å². The van der Waals surface area contributed by atoms with Crippen molar-refractivity contribution in [2.45, 2.75) is 19.0 Å². The first-order valence-electron chi connectivity index (χ1n) is 9.66. The highest BCUT2D eigenvalue weighted by Crippen LogP contribution is 2.39. The van der Waals surface area contributed by atoms with Gasteiger partial charge in [-0.15, -0.1) is 0 Å². The van der Waals surface area contributed by atoms with Crippen LogP contribution in [0.4, 0.5) is 4.39 Å². The van der Waals surface area contributed by atoms with E-state index in [0.717, 1.165) is 11.4 Å². The molecule has 4 rings (SSSR count). The number of ether oxygens (including phenoxy) is 1. The predicted molar refractivity (Wildman–Crippen MR) is 115 cm³/mol. The van der Waals surface area contributed by atoms with Crippen LogP contribution < -0.4 is 5.32 Å². The van der Waals surface area contributed by atoms with Crippen molar-refractivity contribution >= 4 is 23.3 Å². The van der Waals surface area contributed by atoms with E-state index in [-0.39, 0.29) is 37.0 Å². The fourth-order valence-electron chi connectivity index (χ4n) is 3.74. The molecular formula is C22H21FN4O2S. The zero-order chi connectivity index (χ0) is 21.1. The van der Waals surface area contributed by atoms with E-state index in [2.05, 4.69) is 10.3 Å². The molecule has 0 amide bonds. The van der Waals surface area contributed by atoms with Gasteiger partial charge in [0.15, 0.2) is 5.11 Å². The molecule has 1 aromatic carbocycles. The second-order valence-electron chi connectivity index (χ2n) is 6.81. The van der Waals surface area contributed by atoms with E-state index in [4.69, 9.17) is 17.0 Å². The van der Waals surface area contributed by atoms with E-state index in [1.165, 1.54) is 6.07 Å². The van der Waals surface area contributed by atoms with Gasteiger partial charge in [-0.25, -0.2) is 4.39 Å². The van der Waals surface area contributed by atoms with Crippen LogP contribution in [-0.4, -0.2) is 38.7 Å². The number of para-hydroxylation sites is 1. The molecule has 154 valence electrons. The highest BCUT2D eigenvalue weighted by atomic mass is 32.1. The Bertz CT molecular complexity index is 1060. The summed E-state index contributed by atoms with van der Waals surface area (Å²) in [5.74, 6) is -0.716. The Morgan fingerprint density at radius 1 is 1.20 bits per heavy atom. The summed E-state index contributed by atoms with van der Waals surface area (Å²) in [5, 5.41) is 3.70. The van der Waals surface area contributed by atoms with E-state index in [0.29, 0.717) is 10.8 Å². The van der Waals surface area contributed by atoms with Crippen LogP contribution in [0.2, 0.25) is 0 Å². The van der Waals surface area contributed by atoms with Crippen molar-refractivity contribution in [1.29, 1.82) is 0 Å². The lowest BCUT2D eigenvalue weighted by Crippen LogP contribution is -2.36. The number of hydrogen-bond acceptors (Lipinski definition) is 4. The maximum absolute atomic E-state index is 14.6. The van der Waals surface area contributed by atoms with Crippen LogP contribution in [0.1, 0.15) is 30.4 Å². The molecule has 1 aliphatic heterocycles. The average molecular weight is 425 g/mol. The summed E-state index contributed by atoms with van der Waals surface area (Å²) in [5.41, 5.74) is 1.98. The Morgan fingerprint density at radius 2 is 2.00 bits per heavy atom. The van der Waals surface area contributed by atoms with Gasteiger partial charge in [-0.05, 0) is 55.5 Å². The summed E-state index contributed by atoms with van der Waals surface area (Å²) in [4.78, 5) is 18.5. The summed E-state index contributed by atoms with van der Waals surface area (Å²) < 4.78 is 21.5. The molecule has 2 aromatic heterocycles. The predicted octanol–water partition coefficient (Wildman–Crippen LogP) is 3.55. The molecular weight excluding hydrogens is 403 g/mol. The van der Waals surface area contributed by atoms with Gasteiger partial charge in [-0.3, -0.25) is 9.78 Å². The Kier molecular flexibility index (Phi) is 5.76. The molecule has 0 spiro atoms. The molecule has 30 heavy (non-hydrogen) atoms. The van der Waals surface area contributed by atoms with Gasteiger partial charge >= 0.3 is 5.97 Å². The van der Waals surface area contributed by atoms with Crippen molar-refractivity contribution in [2.24, 2.45) is 0 Å². The standard InChI is InChI=1S/C22H21FN4O2S/c1-2-29-19(28)14-27-21(20(25-22(27)30)16-9-5-6-12-24-16)18-11-7-13-26(18)17-10-4-3-8-15(17)23/h3-13,20-21H,2,14H2,1H3,(H,25,30)/t20-,21-/m1/s1. The number of esters is 1.